The molecule has 0 spiro atoms. The van der Waals surface area contributed by atoms with E-state index < -0.39 is 0 Å². The molecule has 0 aliphatic carbocycles. The first-order valence-electron chi connectivity index (χ1n) is 2.37. The number of aldehydes is 1. The number of carbonyl (C=O) groups is 1. The fourth-order valence-corrected chi connectivity index (χ4v) is 1.33. The van der Waals surface area contributed by atoms with Crippen LogP contribution < -0.4 is 0 Å². The maximum Gasteiger partial charge on any atom is 0.143 e. The van der Waals surface area contributed by atoms with Gasteiger partial charge < -0.3 is 4.79 Å². The van der Waals surface area contributed by atoms with Gasteiger partial charge >= 0.3 is 0 Å². The zero-order chi connectivity index (χ0) is 6.69. The van der Waals surface area contributed by atoms with Crippen molar-refractivity contribution < 1.29 is 4.79 Å². The van der Waals surface area contributed by atoms with Crippen molar-refractivity contribution in [3.8, 4) is 0 Å². The van der Waals surface area contributed by atoms with E-state index in [0.29, 0.717) is 11.6 Å². The summed E-state index contributed by atoms with van der Waals surface area (Å²) in [5.41, 5.74) is 0. The molecule has 0 unspecified atom stereocenters. The van der Waals surface area contributed by atoms with Gasteiger partial charge in [0.05, 0.1) is 0 Å². The first kappa shape index (κ1) is 6.71. The Balaban J connectivity index is 2.72. The molecule has 0 aliphatic heterocycles. The standard InChI is InChI=1S/C5H4ClNOS/c6-5-3-4(1-2-8)9-7-5/h2-3H,1H2. The van der Waals surface area contributed by atoms with Gasteiger partial charge in [-0.3, -0.25) is 0 Å². The monoisotopic (exact) mass is 161 g/mol. The first-order chi connectivity index (χ1) is 4.33. The van der Waals surface area contributed by atoms with Crippen LogP contribution in [0, 0.1) is 0 Å². The molecule has 0 fully saturated rings. The van der Waals surface area contributed by atoms with E-state index in [0.717, 1.165) is 11.2 Å². The van der Waals surface area contributed by atoms with Gasteiger partial charge in [-0.25, -0.2) is 0 Å². The van der Waals surface area contributed by atoms with Gasteiger partial charge in [0.15, 0.2) is 0 Å². The summed E-state index contributed by atoms with van der Waals surface area (Å²) in [5.74, 6) is 0. The SMILES string of the molecule is O=CCc1cc(Cl)ns1. The maximum absolute atomic E-state index is 9.92. The van der Waals surface area contributed by atoms with Gasteiger partial charge in [-0.15, -0.1) is 0 Å². The van der Waals surface area contributed by atoms with Crippen LogP contribution in [-0.2, 0) is 11.2 Å². The van der Waals surface area contributed by atoms with Crippen LogP contribution in [0.25, 0.3) is 0 Å². The van der Waals surface area contributed by atoms with Gasteiger partial charge in [0.25, 0.3) is 0 Å². The highest BCUT2D eigenvalue weighted by Gasteiger charge is 1.96. The Bertz CT molecular complexity index is 210. The van der Waals surface area contributed by atoms with Crippen LogP contribution in [0.4, 0.5) is 0 Å². The number of halogens is 1. The fourth-order valence-electron chi connectivity index (χ4n) is 0.466. The van der Waals surface area contributed by atoms with Crippen molar-refractivity contribution >= 4 is 29.4 Å². The van der Waals surface area contributed by atoms with E-state index in [4.69, 9.17) is 11.6 Å². The normalized spacial score (nSPS) is 9.44. The van der Waals surface area contributed by atoms with Crippen LogP contribution in [-0.4, -0.2) is 10.7 Å². The number of nitrogens with zero attached hydrogens (tertiary/aromatic N) is 1. The number of aromatic nitrogens is 1. The van der Waals surface area contributed by atoms with Crippen molar-refractivity contribution in [1.82, 2.24) is 4.37 Å². The van der Waals surface area contributed by atoms with Gasteiger partial charge in [0.2, 0.25) is 0 Å². The summed E-state index contributed by atoms with van der Waals surface area (Å²) in [6.45, 7) is 0. The van der Waals surface area contributed by atoms with E-state index >= 15 is 0 Å². The molecule has 0 N–H and O–H groups in total. The minimum Gasteiger partial charge on any atom is -0.303 e. The molecule has 0 amide bonds. The summed E-state index contributed by atoms with van der Waals surface area (Å²) in [5, 5.41) is 0.469. The quantitative estimate of drug-likeness (QED) is 0.616. The molecule has 0 aromatic carbocycles. The maximum atomic E-state index is 9.92. The largest absolute Gasteiger partial charge is 0.303 e. The third-order valence-electron chi connectivity index (χ3n) is 0.815. The molecule has 0 aliphatic rings. The minimum atomic E-state index is 0.421. The molecule has 0 saturated carbocycles. The van der Waals surface area contributed by atoms with Gasteiger partial charge in [0, 0.05) is 11.3 Å². The highest BCUT2D eigenvalue weighted by molar-refractivity contribution is 7.06. The third kappa shape index (κ3) is 1.77. The Kier molecular flexibility index (Phi) is 2.19. The van der Waals surface area contributed by atoms with E-state index in [1.165, 1.54) is 11.5 Å². The predicted octanol–water partition coefficient (Wildman–Crippen LogP) is 1.54. The molecule has 2 nitrogen and oxygen atoms in total. The molecule has 9 heavy (non-hydrogen) atoms. The van der Waals surface area contributed by atoms with Crippen LogP contribution in [0.15, 0.2) is 6.07 Å². The van der Waals surface area contributed by atoms with E-state index in [1.807, 2.05) is 0 Å². The Hall–Kier alpha value is -0.410. The summed E-state index contributed by atoms with van der Waals surface area (Å²) < 4.78 is 3.78. The fraction of sp³-hybridized carbons (Fsp3) is 0.200. The molecule has 1 aromatic heterocycles. The molecule has 0 saturated heterocycles. The van der Waals surface area contributed by atoms with Gasteiger partial charge in [-0.2, -0.15) is 4.37 Å². The Morgan fingerprint density at radius 2 is 2.67 bits per heavy atom. The topological polar surface area (TPSA) is 30.0 Å². The summed E-state index contributed by atoms with van der Waals surface area (Å²) in [6, 6.07) is 1.70. The highest BCUT2D eigenvalue weighted by atomic mass is 35.5. The van der Waals surface area contributed by atoms with Crippen LogP contribution in [0.5, 0.6) is 0 Å². The average molecular weight is 162 g/mol. The molecule has 0 atom stereocenters. The van der Waals surface area contributed by atoms with Gasteiger partial charge in [-0.1, -0.05) is 11.6 Å². The molecule has 0 radical (unpaired) electrons. The number of hydrogen-bond acceptors (Lipinski definition) is 3. The molecule has 1 heterocycles. The van der Waals surface area contributed by atoms with E-state index in [-0.39, 0.29) is 0 Å². The van der Waals surface area contributed by atoms with Crippen molar-refractivity contribution in [1.29, 1.82) is 0 Å². The third-order valence-corrected chi connectivity index (χ3v) is 1.92. The lowest BCUT2D eigenvalue weighted by Gasteiger charge is -1.76. The number of carbonyl (C=O) groups excluding carboxylic acids is 1. The van der Waals surface area contributed by atoms with Crippen LogP contribution >= 0.6 is 23.1 Å². The first-order valence-corrected chi connectivity index (χ1v) is 3.53. The Morgan fingerprint density at radius 3 is 3.11 bits per heavy atom. The summed E-state index contributed by atoms with van der Waals surface area (Å²) in [6.07, 6.45) is 1.26. The molecule has 1 aromatic rings. The van der Waals surface area contributed by atoms with Crippen LogP contribution in [0.1, 0.15) is 4.88 Å². The Morgan fingerprint density at radius 1 is 1.89 bits per heavy atom. The van der Waals surface area contributed by atoms with E-state index in [2.05, 4.69) is 4.37 Å². The Labute approximate surface area is 61.6 Å². The molecule has 48 valence electrons. The average Bonchev–Trinajstić information content (AvgIpc) is 2.17. The van der Waals surface area contributed by atoms with Crippen molar-refractivity contribution in [2.75, 3.05) is 0 Å². The molecule has 0 bridgehead atoms. The predicted molar refractivity (Wildman–Crippen MR) is 36.9 cm³/mol. The number of rotatable bonds is 2. The van der Waals surface area contributed by atoms with Gasteiger partial charge in [0.1, 0.15) is 11.4 Å². The molecule has 1 rings (SSSR count). The zero-order valence-corrected chi connectivity index (χ0v) is 6.08. The summed E-state index contributed by atoms with van der Waals surface area (Å²) in [7, 11) is 0. The van der Waals surface area contributed by atoms with Gasteiger partial charge in [-0.05, 0) is 17.6 Å². The second-order valence-electron chi connectivity index (χ2n) is 1.49. The minimum absolute atomic E-state index is 0.421. The van der Waals surface area contributed by atoms with Crippen molar-refractivity contribution in [2.24, 2.45) is 0 Å². The zero-order valence-electron chi connectivity index (χ0n) is 4.50. The smallest absolute Gasteiger partial charge is 0.143 e. The molecule has 4 heteroatoms. The molecular weight excluding hydrogens is 158 g/mol. The highest BCUT2D eigenvalue weighted by Crippen LogP contribution is 2.13. The van der Waals surface area contributed by atoms with Crippen LogP contribution in [0.3, 0.4) is 0 Å². The lowest BCUT2D eigenvalue weighted by atomic mass is 10.4. The number of hydrogen-bond donors (Lipinski definition) is 0. The van der Waals surface area contributed by atoms with Crippen molar-refractivity contribution in [2.45, 2.75) is 6.42 Å². The second kappa shape index (κ2) is 2.94. The summed E-state index contributed by atoms with van der Waals surface area (Å²) >= 11 is 6.74. The second-order valence-corrected chi connectivity index (χ2v) is 2.76. The van der Waals surface area contributed by atoms with Crippen molar-refractivity contribution in [3.63, 3.8) is 0 Å². The van der Waals surface area contributed by atoms with E-state index in [1.54, 1.807) is 6.07 Å². The summed E-state index contributed by atoms with van der Waals surface area (Å²) in [4.78, 5) is 10.8. The van der Waals surface area contributed by atoms with Crippen molar-refractivity contribution in [3.05, 3.63) is 16.1 Å². The van der Waals surface area contributed by atoms with E-state index in [9.17, 15) is 4.79 Å². The lowest BCUT2D eigenvalue weighted by Crippen LogP contribution is -1.76. The lowest BCUT2D eigenvalue weighted by molar-refractivity contribution is -0.107. The van der Waals surface area contributed by atoms with Crippen LogP contribution in [0.2, 0.25) is 5.15 Å². The molecular formula is C5H4ClNOS.